The smallest absolute Gasteiger partial charge is 0.271 e. The lowest BCUT2D eigenvalue weighted by Crippen LogP contribution is -2.15. The maximum atomic E-state index is 11.1. The minimum atomic E-state index is -0.442. The molecule has 0 bridgehead atoms. The molecule has 0 aliphatic carbocycles. The van der Waals surface area contributed by atoms with Crippen LogP contribution in [0.3, 0.4) is 0 Å². The third-order valence-electron chi connectivity index (χ3n) is 5.52. The van der Waals surface area contributed by atoms with Crippen molar-refractivity contribution in [3.63, 3.8) is 0 Å². The van der Waals surface area contributed by atoms with Crippen molar-refractivity contribution < 1.29 is 14.4 Å². The van der Waals surface area contributed by atoms with E-state index >= 15 is 0 Å². The minimum Gasteiger partial charge on any atom is -0.486 e. The average molecular weight is 467 g/mol. The number of rotatable bonds is 5. The summed E-state index contributed by atoms with van der Waals surface area (Å²) >= 11 is 0. The Balaban J connectivity index is 1.30. The molecule has 0 unspecified atom stereocenters. The Morgan fingerprint density at radius 1 is 0.971 bits per heavy atom. The summed E-state index contributed by atoms with van der Waals surface area (Å²) in [6.45, 7) is 1.00. The predicted molar refractivity (Wildman–Crippen MR) is 127 cm³/mol. The molecular formula is C24H17N7O4. The summed E-state index contributed by atoms with van der Waals surface area (Å²) in [6.07, 6.45) is 3.22. The van der Waals surface area contributed by atoms with Crippen LogP contribution in [0.15, 0.2) is 73.2 Å². The number of hydrogen-bond acceptors (Lipinski definition) is 9. The number of benzene rings is 3. The SMILES string of the molecule is O=[N+]([O-])c1cccc(-n2cc(-c3cccc(Nc4ncnc5cc6c(cc45)OCCO6)c3)nn2)c1. The summed E-state index contributed by atoms with van der Waals surface area (Å²) in [4.78, 5) is 19.4. The van der Waals surface area contributed by atoms with Crippen molar-refractivity contribution in [3.8, 4) is 28.4 Å². The zero-order valence-corrected chi connectivity index (χ0v) is 18.2. The van der Waals surface area contributed by atoms with Crippen molar-refractivity contribution in [2.24, 2.45) is 0 Å². The third-order valence-corrected chi connectivity index (χ3v) is 5.52. The van der Waals surface area contributed by atoms with Crippen LogP contribution in [0.5, 0.6) is 11.5 Å². The number of fused-ring (bicyclic) bond motifs is 2. The zero-order chi connectivity index (χ0) is 23.8. The largest absolute Gasteiger partial charge is 0.486 e. The van der Waals surface area contributed by atoms with Gasteiger partial charge >= 0.3 is 0 Å². The normalized spacial score (nSPS) is 12.5. The van der Waals surface area contributed by atoms with Crippen molar-refractivity contribution in [3.05, 3.63) is 83.3 Å². The van der Waals surface area contributed by atoms with Crippen LogP contribution in [0.1, 0.15) is 0 Å². The lowest BCUT2D eigenvalue weighted by molar-refractivity contribution is -0.384. The lowest BCUT2D eigenvalue weighted by atomic mass is 10.1. The second-order valence-corrected chi connectivity index (χ2v) is 7.77. The van der Waals surface area contributed by atoms with Gasteiger partial charge in [-0.1, -0.05) is 23.4 Å². The van der Waals surface area contributed by atoms with Crippen molar-refractivity contribution in [1.82, 2.24) is 25.0 Å². The highest BCUT2D eigenvalue weighted by atomic mass is 16.6. The standard InChI is InChI=1S/C24H17N7O4/c32-31(33)18-6-2-5-17(10-18)30-13-21(28-29-30)15-3-1-4-16(9-15)27-24-19-11-22-23(35-8-7-34-22)12-20(19)25-14-26-24/h1-6,9-14H,7-8H2,(H,25,26,27). The number of nitrogens with zero attached hydrogens (tertiary/aromatic N) is 6. The number of ether oxygens (including phenoxy) is 2. The molecule has 1 N–H and O–H groups in total. The van der Waals surface area contributed by atoms with E-state index in [-0.39, 0.29) is 5.69 Å². The molecule has 11 heteroatoms. The molecular weight excluding hydrogens is 450 g/mol. The van der Waals surface area contributed by atoms with Crippen molar-refractivity contribution in [2.75, 3.05) is 18.5 Å². The maximum Gasteiger partial charge on any atom is 0.271 e. The summed E-state index contributed by atoms with van der Waals surface area (Å²) in [6, 6.07) is 17.6. The lowest BCUT2D eigenvalue weighted by Gasteiger charge is -2.19. The van der Waals surface area contributed by atoms with Gasteiger partial charge in [0, 0.05) is 34.8 Å². The molecule has 5 aromatic rings. The highest BCUT2D eigenvalue weighted by molar-refractivity contribution is 5.93. The van der Waals surface area contributed by atoms with E-state index in [4.69, 9.17) is 9.47 Å². The van der Waals surface area contributed by atoms with E-state index in [0.717, 1.165) is 22.2 Å². The van der Waals surface area contributed by atoms with E-state index in [1.165, 1.54) is 23.1 Å². The van der Waals surface area contributed by atoms with Gasteiger partial charge in [-0.15, -0.1) is 5.10 Å². The third kappa shape index (κ3) is 3.95. The van der Waals surface area contributed by atoms with Gasteiger partial charge in [-0.25, -0.2) is 14.6 Å². The number of aromatic nitrogens is 5. The first-order chi connectivity index (χ1) is 17.1. The molecule has 0 atom stereocenters. The first-order valence-corrected chi connectivity index (χ1v) is 10.7. The molecule has 3 heterocycles. The number of nitrogens with one attached hydrogen (secondary N) is 1. The zero-order valence-electron chi connectivity index (χ0n) is 18.2. The van der Waals surface area contributed by atoms with E-state index in [9.17, 15) is 10.1 Å². The van der Waals surface area contributed by atoms with Gasteiger partial charge < -0.3 is 14.8 Å². The Bertz CT molecular complexity index is 1580. The van der Waals surface area contributed by atoms with Gasteiger partial charge in [0.25, 0.3) is 5.69 Å². The van der Waals surface area contributed by atoms with Crippen molar-refractivity contribution >= 4 is 28.1 Å². The van der Waals surface area contributed by atoms with Crippen molar-refractivity contribution in [2.45, 2.75) is 0 Å². The average Bonchev–Trinajstić information content (AvgIpc) is 3.39. The quantitative estimate of drug-likeness (QED) is 0.297. The Hall–Kier alpha value is -5.06. The molecule has 0 radical (unpaired) electrons. The van der Waals surface area contributed by atoms with Gasteiger partial charge in [-0.2, -0.15) is 0 Å². The number of nitro benzene ring substituents is 1. The number of nitro groups is 1. The van der Waals surface area contributed by atoms with Crippen LogP contribution in [0, 0.1) is 10.1 Å². The Kier molecular flexibility index (Phi) is 4.91. The van der Waals surface area contributed by atoms with Crippen LogP contribution in [0.4, 0.5) is 17.2 Å². The fraction of sp³-hybridized carbons (Fsp3) is 0.0833. The highest BCUT2D eigenvalue weighted by Gasteiger charge is 2.16. The van der Waals surface area contributed by atoms with Crippen LogP contribution in [-0.4, -0.2) is 43.1 Å². The summed E-state index contributed by atoms with van der Waals surface area (Å²) in [5.74, 6) is 1.96. The predicted octanol–water partition coefficient (Wildman–Crippen LogP) is 4.30. The first kappa shape index (κ1) is 20.5. The van der Waals surface area contributed by atoms with Crippen LogP contribution in [0.2, 0.25) is 0 Å². The molecule has 0 amide bonds. The second-order valence-electron chi connectivity index (χ2n) is 7.77. The van der Waals surface area contributed by atoms with Crippen LogP contribution in [0.25, 0.3) is 27.8 Å². The summed E-state index contributed by atoms with van der Waals surface area (Å²) < 4.78 is 12.9. The van der Waals surface area contributed by atoms with E-state index in [0.29, 0.717) is 41.9 Å². The molecule has 6 rings (SSSR count). The Morgan fingerprint density at radius 3 is 2.66 bits per heavy atom. The molecule has 11 nitrogen and oxygen atoms in total. The summed E-state index contributed by atoms with van der Waals surface area (Å²) in [7, 11) is 0. The number of anilines is 2. The molecule has 2 aromatic heterocycles. The van der Waals surface area contributed by atoms with E-state index in [1.54, 1.807) is 18.3 Å². The highest BCUT2D eigenvalue weighted by Crippen LogP contribution is 2.36. The number of hydrogen-bond donors (Lipinski definition) is 1. The van der Waals surface area contributed by atoms with Crippen LogP contribution >= 0.6 is 0 Å². The Labute approximate surface area is 198 Å². The summed E-state index contributed by atoms with van der Waals surface area (Å²) in [5, 5.41) is 23.6. The van der Waals surface area contributed by atoms with Gasteiger partial charge in [-0.3, -0.25) is 10.1 Å². The molecule has 1 aliphatic rings. The van der Waals surface area contributed by atoms with Gasteiger partial charge in [0.05, 0.1) is 22.3 Å². The maximum absolute atomic E-state index is 11.1. The van der Waals surface area contributed by atoms with Crippen molar-refractivity contribution in [1.29, 1.82) is 0 Å². The van der Waals surface area contributed by atoms with Crippen LogP contribution in [-0.2, 0) is 0 Å². The molecule has 0 fully saturated rings. The van der Waals surface area contributed by atoms with Crippen LogP contribution < -0.4 is 14.8 Å². The number of non-ortho nitro benzene ring substituents is 1. The monoisotopic (exact) mass is 467 g/mol. The van der Waals surface area contributed by atoms with E-state index < -0.39 is 4.92 Å². The van der Waals surface area contributed by atoms with Gasteiger partial charge in [0.15, 0.2) is 11.5 Å². The molecule has 0 spiro atoms. The van der Waals surface area contributed by atoms with Gasteiger partial charge in [0.2, 0.25) is 0 Å². The molecule has 3 aromatic carbocycles. The van der Waals surface area contributed by atoms with E-state index in [1.807, 2.05) is 36.4 Å². The Morgan fingerprint density at radius 2 is 1.80 bits per heavy atom. The minimum absolute atomic E-state index is 0.0129. The molecule has 0 saturated carbocycles. The molecule has 1 aliphatic heterocycles. The fourth-order valence-corrected chi connectivity index (χ4v) is 3.86. The first-order valence-electron chi connectivity index (χ1n) is 10.7. The van der Waals surface area contributed by atoms with E-state index in [2.05, 4.69) is 25.6 Å². The topological polar surface area (TPSA) is 130 Å². The van der Waals surface area contributed by atoms with Gasteiger partial charge in [0.1, 0.15) is 31.1 Å². The second kappa shape index (κ2) is 8.37. The molecule has 0 saturated heterocycles. The summed E-state index contributed by atoms with van der Waals surface area (Å²) in [5.41, 5.74) is 3.51. The van der Waals surface area contributed by atoms with Gasteiger partial charge in [-0.05, 0) is 24.3 Å². The fourth-order valence-electron chi connectivity index (χ4n) is 3.86. The molecule has 172 valence electrons. The molecule has 35 heavy (non-hydrogen) atoms.